The summed E-state index contributed by atoms with van der Waals surface area (Å²) in [6.07, 6.45) is 5.45. The van der Waals surface area contributed by atoms with Crippen LogP contribution in [0.5, 0.6) is 11.5 Å². The molecular formula is C17H19N3O. The zero-order valence-electron chi connectivity index (χ0n) is 11.9. The summed E-state index contributed by atoms with van der Waals surface area (Å²) in [6, 6.07) is 11.0. The third kappa shape index (κ3) is 3.34. The van der Waals surface area contributed by atoms with Gasteiger partial charge in [-0.3, -0.25) is 0 Å². The number of hydrogen-bond donors (Lipinski definition) is 2. The van der Waals surface area contributed by atoms with Crippen LogP contribution >= 0.6 is 0 Å². The fraction of sp³-hybridized carbons (Fsp3) is 0.235. The number of rotatable bonds is 5. The number of nitrogens with one attached hydrogen (secondary N) is 1. The lowest BCUT2D eigenvalue weighted by atomic mass is 9.83. The van der Waals surface area contributed by atoms with Crippen molar-refractivity contribution in [2.45, 2.75) is 19.3 Å². The van der Waals surface area contributed by atoms with Crippen molar-refractivity contribution in [1.82, 2.24) is 4.98 Å². The molecule has 4 nitrogen and oxygen atoms in total. The molecule has 0 amide bonds. The summed E-state index contributed by atoms with van der Waals surface area (Å²) in [6.45, 7) is 4.09. The number of nitrogen functional groups attached to an aromatic ring is 1. The van der Waals surface area contributed by atoms with Crippen LogP contribution in [0.1, 0.15) is 19.3 Å². The summed E-state index contributed by atoms with van der Waals surface area (Å²) in [5.74, 6) is 2.83. The van der Waals surface area contributed by atoms with Crippen molar-refractivity contribution in [3.63, 3.8) is 0 Å². The SMILES string of the molecule is C=C(Nc1cc(Oc2ccc(N)cc2)ccn1)C1CCC1. The first-order chi connectivity index (χ1) is 10.2. The highest BCUT2D eigenvalue weighted by molar-refractivity contribution is 5.48. The molecule has 0 bridgehead atoms. The summed E-state index contributed by atoms with van der Waals surface area (Å²) in [5, 5.41) is 3.27. The molecule has 1 saturated carbocycles. The maximum atomic E-state index is 5.79. The second kappa shape index (κ2) is 5.87. The summed E-state index contributed by atoms with van der Waals surface area (Å²) >= 11 is 0. The van der Waals surface area contributed by atoms with Gasteiger partial charge in [-0.15, -0.1) is 0 Å². The van der Waals surface area contributed by atoms with Crippen molar-refractivity contribution < 1.29 is 4.74 Å². The first kappa shape index (κ1) is 13.5. The van der Waals surface area contributed by atoms with E-state index < -0.39 is 0 Å². The zero-order chi connectivity index (χ0) is 14.7. The smallest absolute Gasteiger partial charge is 0.133 e. The molecule has 0 radical (unpaired) electrons. The van der Waals surface area contributed by atoms with E-state index in [0.29, 0.717) is 5.92 Å². The molecule has 1 aliphatic carbocycles. The van der Waals surface area contributed by atoms with Crippen LogP contribution in [0.15, 0.2) is 54.9 Å². The van der Waals surface area contributed by atoms with E-state index in [-0.39, 0.29) is 0 Å². The number of aromatic nitrogens is 1. The lowest BCUT2D eigenvalue weighted by Crippen LogP contribution is -2.18. The van der Waals surface area contributed by atoms with Crippen LogP contribution in [-0.4, -0.2) is 4.98 Å². The first-order valence-corrected chi connectivity index (χ1v) is 7.16. The molecule has 0 spiro atoms. The van der Waals surface area contributed by atoms with E-state index in [9.17, 15) is 0 Å². The minimum atomic E-state index is 0.577. The third-order valence-corrected chi connectivity index (χ3v) is 3.73. The minimum absolute atomic E-state index is 0.577. The van der Waals surface area contributed by atoms with Crippen LogP contribution in [0.25, 0.3) is 0 Å². The van der Waals surface area contributed by atoms with Crippen molar-refractivity contribution in [1.29, 1.82) is 0 Å². The monoisotopic (exact) mass is 281 g/mol. The molecular weight excluding hydrogens is 262 g/mol. The van der Waals surface area contributed by atoms with E-state index in [4.69, 9.17) is 10.5 Å². The van der Waals surface area contributed by atoms with Crippen molar-refractivity contribution in [3.05, 3.63) is 54.9 Å². The second-order valence-electron chi connectivity index (χ2n) is 5.33. The summed E-state index contributed by atoms with van der Waals surface area (Å²) in [5.41, 5.74) is 7.42. The maximum absolute atomic E-state index is 5.79. The average molecular weight is 281 g/mol. The Morgan fingerprint density at radius 1 is 1.19 bits per heavy atom. The molecule has 1 aromatic heterocycles. The van der Waals surface area contributed by atoms with Gasteiger partial charge in [-0.05, 0) is 49.1 Å². The van der Waals surface area contributed by atoms with Gasteiger partial charge in [0.2, 0.25) is 0 Å². The van der Waals surface area contributed by atoms with Crippen molar-refractivity contribution in [3.8, 4) is 11.5 Å². The van der Waals surface area contributed by atoms with Gasteiger partial charge < -0.3 is 15.8 Å². The lowest BCUT2D eigenvalue weighted by molar-refractivity contribution is 0.370. The van der Waals surface area contributed by atoms with Gasteiger partial charge in [0.25, 0.3) is 0 Å². The number of nitrogens with two attached hydrogens (primary N) is 1. The quantitative estimate of drug-likeness (QED) is 0.807. The Balaban J connectivity index is 1.67. The standard InChI is InChI=1S/C17H19N3O/c1-12(13-3-2-4-13)20-17-11-16(9-10-19-17)21-15-7-5-14(18)6-8-15/h5-11,13H,1-4,18H2,(H,19,20). The van der Waals surface area contributed by atoms with Gasteiger partial charge in [-0.2, -0.15) is 0 Å². The maximum Gasteiger partial charge on any atom is 0.133 e. The molecule has 108 valence electrons. The minimum Gasteiger partial charge on any atom is -0.457 e. The molecule has 1 aliphatic rings. The Kier molecular flexibility index (Phi) is 3.77. The summed E-state index contributed by atoms with van der Waals surface area (Å²) in [7, 11) is 0. The first-order valence-electron chi connectivity index (χ1n) is 7.16. The Morgan fingerprint density at radius 2 is 1.95 bits per heavy atom. The van der Waals surface area contributed by atoms with Gasteiger partial charge in [0, 0.05) is 23.6 Å². The zero-order valence-corrected chi connectivity index (χ0v) is 11.9. The Labute approximate surface area is 124 Å². The number of nitrogens with zero attached hydrogens (tertiary/aromatic N) is 1. The fourth-order valence-electron chi connectivity index (χ4n) is 2.24. The van der Waals surface area contributed by atoms with Gasteiger partial charge in [-0.25, -0.2) is 4.98 Å². The molecule has 0 atom stereocenters. The molecule has 0 unspecified atom stereocenters. The van der Waals surface area contributed by atoms with E-state index in [1.807, 2.05) is 36.4 Å². The van der Waals surface area contributed by atoms with E-state index in [1.165, 1.54) is 19.3 Å². The molecule has 0 aliphatic heterocycles. The van der Waals surface area contributed by atoms with Crippen LogP contribution in [0.3, 0.4) is 0 Å². The average Bonchev–Trinajstić information content (AvgIpc) is 2.40. The largest absolute Gasteiger partial charge is 0.457 e. The summed E-state index contributed by atoms with van der Waals surface area (Å²) in [4.78, 5) is 4.30. The molecule has 1 heterocycles. The molecule has 21 heavy (non-hydrogen) atoms. The van der Waals surface area contributed by atoms with E-state index in [1.54, 1.807) is 6.20 Å². The topological polar surface area (TPSA) is 60.2 Å². The van der Waals surface area contributed by atoms with Crippen LogP contribution < -0.4 is 15.8 Å². The molecule has 3 N–H and O–H groups in total. The number of hydrogen-bond acceptors (Lipinski definition) is 4. The molecule has 4 heteroatoms. The van der Waals surface area contributed by atoms with Crippen LogP contribution in [0.4, 0.5) is 11.5 Å². The Hall–Kier alpha value is -2.49. The van der Waals surface area contributed by atoms with Crippen molar-refractivity contribution in [2.24, 2.45) is 5.92 Å². The predicted octanol–water partition coefficient (Wildman–Crippen LogP) is 4.18. The number of anilines is 2. The van der Waals surface area contributed by atoms with Gasteiger partial charge in [0.1, 0.15) is 17.3 Å². The van der Waals surface area contributed by atoms with E-state index >= 15 is 0 Å². The Bertz CT molecular complexity index is 633. The van der Waals surface area contributed by atoms with Crippen LogP contribution in [0, 0.1) is 5.92 Å². The summed E-state index contributed by atoms with van der Waals surface area (Å²) < 4.78 is 5.79. The fourth-order valence-corrected chi connectivity index (χ4v) is 2.24. The van der Waals surface area contributed by atoms with Crippen LogP contribution in [0.2, 0.25) is 0 Å². The van der Waals surface area contributed by atoms with E-state index in [0.717, 1.165) is 28.7 Å². The third-order valence-electron chi connectivity index (χ3n) is 3.73. The number of allylic oxidation sites excluding steroid dienone is 1. The van der Waals surface area contributed by atoms with Gasteiger partial charge in [0.15, 0.2) is 0 Å². The van der Waals surface area contributed by atoms with Crippen molar-refractivity contribution >= 4 is 11.5 Å². The van der Waals surface area contributed by atoms with Crippen molar-refractivity contribution in [2.75, 3.05) is 11.1 Å². The van der Waals surface area contributed by atoms with E-state index in [2.05, 4.69) is 16.9 Å². The molecule has 3 rings (SSSR count). The lowest BCUT2D eigenvalue weighted by Gasteiger charge is -2.27. The highest BCUT2D eigenvalue weighted by Gasteiger charge is 2.20. The molecule has 0 saturated heterocycles. The number of pyridine rings is 1. The highest BCUT2D eigenvalue weighted by Crippen LogP contribution is 2.33. The highest BCUT2D eigenvalue weighted by atomic mass is 16.5. The van der Waals surface area contributed by atoms with Gasteiger partial charge >= 0.3 is 0 Å². The Morgan fingerprint density at radius 3 is 2.62 bits per heavy atom. The number of benzene rings is 1. The van der Waals surface area contributed by atoms with Gasteiger partial charge in [-0.1, -0.05) is 13.0 Å². The van der Waals surface area contributed by atoms with Crippen LogP contribution in [-0.2, 0) is 0 Å². The normalized spacial score (nSPS) is 14.3. The molecule has 1 fully saturated rings. The number of ether oxygens (including phenoxy) is 1. The predicted molar refractivity (Wildman–Crippen MR) is 85.3 cm³/mol. The second-order valence-corrected chi connectivity index (χ2v) is 5.33. The van der Waals surface area contributed by atoms with Gasteiger partial charge in [0.05, 0.1) is 0 Å². The molecule has 2 aromatic rings. The molecule has 1 aromatic carbocycles.